The molecule has 0 aliphatic carbocycles. The second-order valence-electron chi connectivity index (χ2n) is 18.5. The first kappa shape index (κ1) is 36.7. The number of pyridine rings is 1. The third-order valence-electron chi connectivity index (χ3n) is 11.8. The summed E-state index contributed by atoms with van der Waals surface area (Å²) < 4.78 is 0. The van der Waals surface area contributed by atoms with Gasteiger partial charge in [-0.05, 0) is 87.7 Å². The maximum Gasteiger partial charge on any atom is 0.179 e. The van der Waals surface area contributed by atoms with Gasteiger partial charge in [0.05, 0.1) is 5.52 Å². The van der Waals surface area contributed by atoms with Crippen LogP contribution in [0.15, 0.2) is 158 Å². The lowest BCUT2D eigenvalue weighted by atomic mass is 9.87. The molecule has 0 saturated carbocycles. The van der Waals surface area contributed by atoms with Gasteiger partial charge in [-0.25, -0.2) is 0 Å². The van der Waals surface area contributed by atoms with E-state index in [9.17, 15) is 0 Å². The molecule has 0 fully saturated rings. The lowest BCUT2D eigenvalue weighted by Gasteiger charge is -2.36. The van der Waals surface area contributed by atoms with Crippen molar-refractivity contribution < 1.29 is 0 Å². The molecule has 0 spiro atoms. The third kappa shape index (κ3) is 6.51. The highest BCUT2D eigenvalue weighted by molar-refractivity contribution is 7.19. The van der Waals surface area contributed by atoms with Crippen LogP contribution in [0.5, 0.6) is 0 Å². The van der Waals surface area contributed by atoms with Crippen molar-refractivity contribution in [2.45, 2.75) is 78.6 Å². The van der Waals surface area contributed by atoms with Crippen LogP contribution in [0.25, 0.3) is 43.6 Å². The van der Waals surface area contributed by atoms with Gasteiger partial charge in [-0.2, -0.15) is 0 Å². The van der Waals surface area contributed by atoms with E-state index < -0.39 is 8.07 Å². The van der Waals surface area contributed by atoms with Gasteiger partial charge in [0.1, 0.15) is 0 Å². The van der Waals surface area contributed by atoms with Gasteiger partial charge < -0.3 is 0 Å². The minimum atomic E-state index is -2.89. The number of aromatic nitrogens is 1. The van der Waals surface area contributed by atoms with Gasteiger partial charge in [-0.3, -0.25) is 4.98 Å². The first-order chi connectivity index (χ1) is 26.2. The molecule has 7 aromatic carbocycles. The number of fused-ring (bicyclic) bond motifs is 5. The Morgan fingerprint density at radius 3 is 1.38 bits per heavy atom. The topological polar surface area (TPSA) is 12.9 Å². The summed E-state index contributed by atoms with van der Waals surface area (Å²) in [5.41, 5.74) is 7.66. The fraction of sp³-hybridized carbons (Fsp3) is 0.226. The molecule has 1 aromatic heterocycles. The van der Waals surface area contributed by atoms with E-state index in [2.05, 4.69) is 220 Å². The highest BCUT2D eigenvalue weighted by Crippen LogP contribution is 2.38. The summed E-state index contributed by atoms with van der Waals surface area (Å²) in [6.07, 6.45) is 2.10. The van der Waals surface area contributed by atoms with Crippen molar-refractivity contribution in [2.75, 3.05) is 0 Å². The molecule has 274 valence electrons. The summed E-state index contributed by atoms with van der Waals surface area (Å²) in [7, 11) is -2.89. The Kier molecular flexibility index (Phi) is 8.97. The van der Waals surface area contributed by atoms with E-state index in [0.29, 0.717) is 0 Å². The molecule has 0 radical (unpaired) electrons. The lowest BCUT2D eigenvalue weighted by molar-refractivity contribution is 0.590. The molecule has 0 saturated heterocycles. The van der Waals surface area contributed by atoms with Gasteiger partial charge in [0.15, 0.2) is 8.07 Å². The quantitative estimate of drug-likeness (QED) is 0.0976. The molecular formula is C53H53NSi. The Hall–Kier alpha value is -5.31. The summed E-state index contributed by atoms with van der Waals surface area (Å²) in [4.78, 5) is 5.01. The van der Waals surface area contributed by atoms with Crippen LogP contribution in [0.3, 0.4) is 0 Å². The average molecular weight is 732 g/mol. The standard InChI is InChI=1S/C53H53NSi/c1-51(2,3)38-21-27-41(28-22-38)55(42-29-23-39(24-30-42)52(4,5)6,43-31-25-40(26-32-43)53(7,8)9)44-17-14-16-36(33-44)47-34-37-15-10-11-18-45(37)50-46-19-12-13-20-49(46)54-35-48(47)50/h10-35H,1-9H3. The molecule has 2 heteroatoms. The molecule has 0 bridgehead atoms. The second kappa shape index (κ2) is 13.5. The molecule has 1 nitrogen and oxygen atoms in total. The van der Waals surface area contributed by atoms with Gasteiger partial charge in [0.25, 0.3) is 0 Å². The van der Waals surface area contributed by atoms with Crippen molar-refractivity contribution in [3.63, 3.8) is 0 Å². The van der Waals surface area contributed by atoms with Crippen molar-refractivity contribution in [3.05, 3.63) is 175 Å². The molecule has 0 amide bonds. The van der Waals surface area contributed by atoms with Gasteiger partial charge >= 0.3 is 0 Å². The van der Waals surface area contributed by atoms with E-state index >= 15 is 0 Å². The van der Waals surface area contributed by atoms with Crippen molar-refractivity contribution in [2.24, 2.45) is 0 Å². The van der Waals surface area contributed by atoms with Crippen molar-refractivity contribution >= 4 is 61.3 Å². The fourth-order valence-corrected chi connectivity index (χ4v) is 13.3. The Bertz CT molecular complexity index is 2510. The van der Waals surface area contributed by atoms with Crippen LogP contribution >= 0.6 is 0 Å². The Morgan fingerprint density at radius 2 is 0.873 bits per heavy atom. The smallest absolute Gasteiger partial charge is 0.179 e. The van der Waals surface area contributed by atoms with E-state index in [1.165, 1.54) is 75.5 Å². The predicted molar refractivity (Wildman–Crippen MR) is 242 cm³/mol. The summed E-state index contributed by atoms with van der Waals surface area (Å²) in [6, 6.07) is 58.2. The SMILES string of the molecule is CC(C)(C)c1ccc([Si](c2ccc(C(C)(C)C)cc2)(c2ccc(C(C)(C)C)cc2)c2cccc(-c3cc4ccccc4c4c3cnc3ccccc34)c2)cc1. The molecule has 0 aliphatic heterocycles. The van der Waals surface area contributed by atoms with E-state index in [1.807, 2.05) is 0 Å². The van der Waals surface area contributed by atoms with Crippen LogP contribution in [0.4, 0.5) is 0 Å². The normalized spacial score (nSPS) is 12.8. The lowest BCUT2D eigenvalue weighted by Crippen LogP contribution is -2.74. The van der Waals surface area contributed by atoms with Gasteiger partial charge in [0.2, 0.25) is 0 Å². The summed E-state index contributed by atoms with van der Waals surface area (Å²) in [5, 5.41) is 11.7. The van der Waals surface area contributed by atoms with Gasteiger partial charge in [-0.1, -0.05) is 202 Å². The molecule has 8 rings (SSSR count). The Labute approximate surface area is 329 Å². The summed E-state index contributed by atoms with van der Waals surface area (Å²) in [5.74, 6) is 0. The first-order valence-corrected chi connectivity index (χ1v) is 21.8. The number of nitrogens with zero attached hydrogens (tertiary/aromatic N) is 1. The zero-order valence-corrected chi connectivity index (χ0v) is 35.0. The molecular weight excluding hydrogens is 679 g/mol. The Balaban J connectivity index is 1.46. The number of para-hydroxylation sites is 1. The van der Waals surface area contributed by atoms with E-state index in [0.717, 1.165) is 5.52 Å². The van der Waals surface area contributed by atoms with Crippen molar-refractivity contribution in [1.29, 1.82) is 0 Å². The second-order valence-corrected chi connectivity index (χ2v) is 22.3. The average Bonchev–Trinajstić information content (AvgIpc) is 3.17. The number of hydrogen-bond acceptors (Lipinski definition) is 1. The van der Waals surface area contributed by atoms with Gasteiger partial charge in [-0.15, -0.1) is 0 Å². The summed E-state index contributed by atoms with van der Waals surface area (Å²) in [6.45, 7) is 20.7. The molecule has 55 heavy (non-hydrogen) atoms. The van der Waals surface area contributed by atoms with Crippen LogP contribution < -0.4 is 20.7 Å². The molecule has 8 aromatic rings. The molecule has 1 heterocycles. The van der Waals surface area contributed by atoms with E-state index in [1.54, 1.807) is 0 Å². The number of hydrogen-bond donors (Lipinski definition) is 0. The van der Waals surface area contributed by atoms with Crippen LogP contribution in [-0.2, 0) is 16.2 Å². The monoisotopic (exact) mass is 731 g/mol. The van der Waals surface area contributed by atoms with Crippen molar-refractivity contribution in [1.82, 2.24) is 4.98 Å². The van der Waals surface area contributed by atoms with E-state index in [-0.39, 0.29) is 16.2 Å². The molecule has 0 atom stereocenters. The van der Waals surface area contributed by atoms with Crippen LogP contribution in [-0.4, -0.2) is 13.1 Å². The van der Waals surface area contributed by atoms with E-state index in [4.69, 9.17) is 4.98 Å². The first-order valence-electron chi connectivity index (χ1n) is 19.8. The zero-order valence-electron chi connectivity index (χ0n) is 34.0. The predicted octanol–water partition coefficient (Wildman–Crippen LogP) is 11.5. The molecule has 0 N–H and O–H groups in total. The number of benzene rings is 7. The highest BCUT2D eigenvalue weighted by atomic mass is 28.3. The number of rotatable bonds is 5. The maximum absolute atomic E-state index is 5.01. The Morgan fingerprint density at radius 1 is 0.400 bits per heavy atom. The fourth-order valence-electron chi connectivity index (χ4n) is 8.54. The minimum absolute atomic E-state index is 0.0563. The maximum atomic E-state index is 5.01. The zero-order chi connectivity index (χ0) is 38.8. The van der Waals surface area contributed by atoms with Crippen LogP contribution in [0.2, 0.25) is 0 Å². The summed E-state index contributed by atoms with van der Waals surface area (Å²) >= 11 is 0. The van der Waals surface area contributed by atoms with Crippen LogP contribution in [0.1, 0.15) is 79.0 Å². The van der Waals surface area contributed by atoms with Crippen LogP contribution in [0, 0.1) is 0 Å². The third-order valence-corrected chi connectivity index (χ3v) is 16.5. The minimum Gasteiger partial charge on any atom is -0.256 e. The van der Waals surface area contributed by atoms with Gasteiger partial charge in [0, 0.05) is 22.4 Å². The molecule has 0 aliphatic rings. The molecule has 0 unspecified atom stereocenters. The van der Waals surface area contributed by atoms with Crippen molar-refractivity contribution in [3.8, 4) is 11.1 Å². The largest absolute Gasteiger partial charge is 0.256 e. The highest BCUT2D eigenvalue weighted by Gasteiger charge is 2.42.